The molecule has 24 bridgehead atoms. The van der Waals surface area contributed by atoms with Gasteiger partial charge < -0.3 is 9.97 Å². The molecular formula is C84H76ClCrN4. The maximum atomic E-state index is 6.35. The first-order valence-electron chi connectivity index (χ1n) is 36.6. The van der Waals surface area contributed by atoms with Gasteiger partial charge in [-0.25, -0.2) is 9.97 Å². The molecule has 0 saturated heterocycles. The molecule has 7 aromatic rings. The number of fused-ring (bicyclic) bond motifs is 48. The Morgan fingerprint density at radius 1 is 0.244 bits per heavy atom. The van der Waals surface area contributed by atoms with Crippen molar-refractivity contribution in [2.75, 3.05) is 0 Å². The summed E-state index contributed by atoms with van der Waals surface area (Å²) in [6.45, 7) is 0. The van der Waals surface area contributed by atoms with Crippen molar-refractivity contribution < 1.29 is 15.4 Å². The fourth-order valence-electron chi connectivity index (χ4n) is 26.6. The Bertz CT molecular complexity index is 4050. The Balaban J connectivity index is 0.00000253. The van der Waals surface area contributed by atoms with Crippen molar-refractivity contribution in [1.82, 2.24) is 19.9 Å². The third-order valence-corrected chi connectivity index (χ3v) is 29.7. The molecule has 6 heteroatoms. The molecular weight excluding hydrogens is 1150 g/mol. The molecule has 4 aromatic carbocycles. The first-order chi connectivity index (χ1) is 44.5. The standard InChI is InChI=1S/C84H76N4.ClH.Cr/c1-9-45-25-37(1)53-33-54-38-2-10-46(26-38)70(54)81(69(45)53)77-61-17-19-63(85-61)78(82-71-47-11-3-39(27-47)55(71)34-56-40-4-12-48(28-40)72(56)82)65-21-23-67(87-65)80(84-75-51-15-7-43(31-51)59(75)36-60-44-8-16-52(32-44)76(60)84)68-24-22-66(88-68)79(64-20-18-62(77)86-64)83-73-49-13-5-41(29-49)57(73)35-58-42-6-14-50(30-42)74(58)83;;/h17-24,33-52H,1-16,25-32H2;1H;/q-2;;+3/p-1/t37-,38-,39-,40-,41-,42-,43-,44-,45+,46+,47+,48+,49+,50+,51+,52+;;/m1../s1. The van der Waals surface area contributed by atoms with Crippen LogP contribution in [-0.2, 0) is 15.4 Å². The van der Waals surface area contributed by atoms with E-state index >= 15 is 0 Å². The van der Waals surface area contributed by atoms with Crippen LogP contribution in [0.1, 0.15) is 361 Å². The van der Waals surface area contributed by atoms with Crippen molar-refractivity contribution in [2.24, 2.45) is 0 Å². The van der Waals surface area contributed by atoms with Crippen molar-refractivity contribution in [3.63, 3.8) is 0 Å². The van der Waals surface area contributed by atoms with Crippen LogP contribution in [0.5, 0.6) is 0 Å². The Hall–Kier alpha value is -5.70. The van der Waals surface area contributed by atoms with E-state index in [2.05, 4.69) is 98.3 Å². The normalized spacial score (nSPS) is 33.8. The molecule has 0 unspecified atom stereocenters. The van der Waals surface area contributed by atoms with Crippen molar-refractivity contribution in [3.8, 4) is 44.5 Å². The summed E-state index contributed by atoms with van der Waals surface area (Å²) in [7, 11) is 4.51. The van der Waals surface area contributed by atoms with E-state index in [1.54, 1.807) is 111 Å². The van der Waals surface area contributed by atoms with Crippen molar-refractivity contribution >= 4 is 56.4 Å². The van der Waals surface area contributed by atoms with Gasteiger partial charge in [0.1, 0.15) is 0 Å². The second-order valence-electron chi connectivity index (χ2n) is 33.0. The molecule has 8 saturated carbocycles. The number of rotatable bonds is 4. The molecule has 0 N–H and O–H groups in total. The van der Waals surface area contributed by atoms with Gasteiger partial charge in [0, 0.05) is 0 Å². The number of hydrogen-bond donors (Lipinski definition) is 0. The molecule has 25 rings (SSSR count). The molecule has 18 aliphatic rings. The van der Waals surface area contributed by atoms with Gasteiger partial charge in [-0.2, -0.15) is 0 Å². The van der Waals surface area contributed by atoms with Crippen LogP contribution in [0, 0.1) is 0 Å². The Kier molecular flexibility index (Phi) is 10.0. The second-order valence-corrected chi connectivity index (χ2v) is 33.0. The molecule has 0 radical (unpaired) electrons. The SMILES string of the molecule is C1=Cc2nc1c(-c1c3c(cc4c1[C@H]1CC[C@@H]4C1)[C@@H]1CC[C@H]3C1)c1ccc([n-]1)c(-c1c3c(cc4c1[C@H]1CC[C@@H]4C1)[C@@H]1CC[C@H]3C1)c1nc(c(-c3c4c(cc5c3[C@H]3CC[C@@H]5C3)[C@@H]3CC[C@H]4C3)c3ccc([n-]3)c2-c2c3c(cc4c2[C@H]2CC[C@@H]4C2)[C@@H]2CC[C@H]3C2)C=C1.[Cl][Cr+2]. The van der Waals surface area contributed by atoms with Gasteiger partial charge in [-0.05, 0) is 407 Å². The van der Waals surface area contributed by atoms with E-state index in [1.165, 1.54) is 176 Å². The summed E-state index contributed by atoms with van der Waals surface area (Å²) in [5, 5.41) is 0. The molecule has 8 fully saturated rings. The molecule has 90 heavy (non-hydrogen) atoms. The molecule has 0 amide bonds. The number of nitrogens with zero attached hydrogens (tertiary/aromatic N) is 4. The van der Waals surface area contributed by atoms with E-state index in [0.29, 0.717) is 94.7 Å². The minimum atomic E-state index is 0.614. The average Bonchev–Trinajstić information content (AvgIpc) is 1.55. The van der Waals surface area contributed by atoms with Crippen LogP contribution in [0.15, 0.2) is 48.5 Å². The molecule has 4 nitrogen and oxygen atoms in total. The topological polar surface area (TPSA) is 54.0 Å². The maximum absolute atomic E-state index is 6.35. The van der Waals surface area contributed by atoms with Gasteiger partial charge in [0.25, 0.3) is 0 Å². The first kappa shape index (κ1) is 50.8. The molecule has 5 heterocycles. The van der Waals surface area contributed by atoms with Crippen LogP contribution < -0.4 is 9.97 Å². The summed E-state index contributed by atoms with van der Waals surface area (Å²) in [4.78, 5) is 25.4. The van der Waals surface area contributed by atoms with E-state index in [0.717, 1.165) is 44.8 Å². The third-order valence-electron chi connectivity index (χ3n) is 29.7. The molecule has 445 valence electrons. The zero-order valence-corrected chi connectivity index (χ0v) is 53.7. The molecule has 16 atom stereocenters. The Labute approximate surface area is 541 Å². The average molecular weight is 1230 g/mol. The molecule has 2 aliphatic heterocycles. The van der Waals surface area contributed by atoms with E-state index in [-0.39, 0.29) is 0 Å². The number of halogens is 1. The summed E-state index contributed by atoms with van der Waals surface area (Å²) < 4.78 is 0. The fourth-order valence-corrected chi connectivity index (χ4v) is 26.6. The van der Waals surface area contributed by atoms with Crippen molar-refractivity contribution in [3.05, 3.63) is 160 Å². The Morgan fingerprint density at radius 2 is 0.411 bits per heavy atom. The Morgan fingerprint density at radius 3 is 0.589 bits per heavy atom. The quantitative estimate of drug-likeness (QED) is 0.176. The number of benzene rings is 4. The number of aromatic nitrogens is 4. The van der Waals surface area contributed by atoms with Crippen LogP contribution in [0.2, 0.25) is 0 Å². The van der Waals surface area contributed by atoms with Crippen LogP contribution in [-0.4, -0.2) is 9.97 Å². The summed E-state index contributed by atoms with van der Waals surface area (Å²) in [5.74, 6) is 10.4. The van der Waals surface area contributed by atoms with Gasteiger partial charge in [-0.3, -0.25) is 0 Å². The van der Waals surface area contributed by atoms with Gasteiger partial charge in [0.2, 0.25) is 0 Å². The van der Waals surface area contributed by atoms with Crippen LogP contribution in [0.4, 0.5) is 0 Å². The molecule has 0 spiro atoms. The molecule has 16 aliphatic carbocycles. The fraction of sp³-hybridized carbons (Fsp3) is 0.476. The third kappa shape index (κ3) is 6.28. The van der Waals surface area contributed by atoms with Gasteiger partial charge in [-0.1, -0.05) is 48.5 Å². The predicted octanol–water partition coefficient (Wildman–Crippen LogP) is 22.2. The van der Waals surface area contributed by atoms with Gasteiger partial charge >= 0.3 is 25.4 Å². The van der Waals surface area contributed by atoms with Gasteiger partial charge in [-0.15, -0.1) is 22.1 Å². The van der Waals surface area contributed by atoms with Crippen molar-refractivity contribution in [1.29, 1.82) is 0 Å². The van der Waals surface area contributed by atoms with Crippen molar-refractivity contribution in [2.45, 2.75) is 249 Å². The number of hydrogen-bond acceptors (Lipinski definition) is 2. The summed E-state index contributed by atoms with van der Waals surface area (Å²) in [6, 6.07) is 21.2. The summed E-state index contributed by atoms with van der Waals surface area (Å²) in [6.07, 6.45) is 41.8. The van der Waals surface area contributed by atoms with E-state index in [9.17, 15) is 0 Å². The second kappa shape index (κ2) is 17.7. The van der Waals surface area contributed by atoms with E-state index in [1.807, 2.05) is 0 Å². The van der Waals surface area contributed by atoms with Crippen LogP contribution in [0.3, 0.4) is 0 Å². The van der Waals surface area contributed by atoms with Gasteiger partial charge in [0.05, 0.1) is 22.8 Å². The van der Waals surface area contributed by atoms with Gasteiger partial charge in [0.15, 0.2) is 0 Å². The van der Waals surface area contributed by atoms with E-state index < -0.39 is 0 Å². The monoisotopic (exact) mass is 1230 g/mol. The zero-order chi connectivity index (χ0) is 58.0. The van der Waals surface area contributed by atoms with Crippen LogP contribution >= 0.6 is 10.0 Å². The minimum absolute atomic E-state index is 0.614. The summed E-state index contributed by atoms with van der Waals surface area (Å²) >= 11 is 2.10. The first-order valence-corrected chi connectivity index (χ1v) is 38.3. The predicted molar refractivity (Wildman–Crippen MR) is 359 cm³/mol. The van der Waals surface area contributed by atoms with E-state index in [4.69, 9.17) is 19.9 Å². The zero-order valence-electron chi connectivity index (χ0n) is 51.7. The summed E-state index contributed by atoms with van der Waals surface area (Å²) in [5.41, 5.74) is 47.9. The molecule has 3 aromatic heterocycles. The van der Waals surface area contributed by atoms with Crippen LogP contribution in [0.25, 0.3) is 90.9 Å².